The molecular weight excluding hydrogens is 474 g/mol. The average molecular weight is 487 g/mol. The van der Waals surface area contributed by atoms with Crippen molar-refractivity contribution >= 4 is 54.2 Å². The number of rotatable bonds is 6. The van der Waals surface area contributed by atoms with Gasteiger partial charge in [0.25, 0.3) is 5.91 Å². The lowest BCUT2D eigenvalue weighted by atomic mass is 10.2. The summed E-state index contributed by atoms with van der Waals surface area (Å²) in [7, 11) is -4.71. The molecule has 2 aromatic carbocycles. The van der Waals surface area contributed by atoms with Crippen LogP contribution in [-0.2, 0) is 19.4 Å². The minimum atomic E-state index is -4.71. The van der Waals surface area contributed by atoms with Gasteiger partial charge in [-0.25, -0.2) is 13.2 Å². The lowest BCUT2D eigenvalue weighted by Crippen LogP contribution is -2.21. The molecule has 0 aliphatic carbocycles. The first kappa shape index (κ1) is 20.9. The number of anilines is 1. The van der Waals surface area contributed by atoms with Crippen LogP contribution < -0.4 is 5.32 Å². The van der Waals surface area contributed by atoms with Gasteiger partial charge in [-0.3, -0.25) is 4.79 Å². The minimum absolute atomic E-state index is 0.162. The van der Waals surface area contributed by atoms with Crippen molar-refractivity contribution < 1.29 is 31.5 Å². The summed E-state index contributed by atoms with van der Waals surface area (Å²) in [4.78, 5) is 26.5. The van der Waals surface area contributed by atoms with E-state index in [0.29, 0.717) is 5.39 Å². The SMILES string of the molecule is O=C(COC(=O)c1c[nH]c2ccc(Br)cc12)Nc1ccc(S(=O)(=O)C(F)F)cc1. The van der Waals surface area contributed by atoms with Crippen LogP contribution in [0.2, 0.25) is 0 Å². The summed E-state index contributed by atoms with van der Waals surface area (Å²) in [6.45, 7) is -0.587. The zero-order chi connectivity index (χ0) is 21.2. The van der Waals surface area contributed by atoms with Gasteiger partial charge in [0.05, 0.1) is 10.5 Å². The smallest absolute Gasteiger partial charge is 0.341 e. The molecule has 7 nitrogen and oxygen atoms in total. The fourth-order valence-electron chi connectivity index (χ4n) is 2.50. The molecule has 3 rings (SSSR count). The normalized spacial score (nSPS) is 11.6. The zero-order valence-electron chi connectivity index (χ0n) is 14.5. The predicted molar refractivity (Wildman–Crippen MR) is 105 cm³/mol. The van der Waals surface area contributed by atoms with Crippen molar-refractivity contribution in [3.05, 3.63) is 58.7 Å². The number of sulfone groups is 1. The maximum atomic E-state index is 12.5. The third-order valence-corrected chi connectivity index (χ3v) is 5.79. The Hall–Kier alpha value is -2.79. The molecule has 0 radical (unpaired) electrons. The molecule has 0 bridgehead atoms. The molecule has 0 aliphatic rings. The number of esters is 1. The number of carbonyl (C=O) groups is 2. The van der Waals surface area contributed by atoms with Crippen molar-refractivity contribution in [1.29, 1.82) is 0 Å². The number of aromatic nitrogens is 1. The molecule has 3 aromatic rings. The number of nitrogens with one attached hydrogen (secondary N) is 2. The van der Waals surface area contributed by atoms with Crippen molar-refractivity contribution in [1.82, 2.24) is 4.98 Å². The van der Waals surface area contributed by atoms with Gasteiger partial charge in [-0.05, 0) is 42.5 Å². The fourth-order valence-corrected chi connectivity index (χ4v) is 3.58. The van der Waals surface area contributed by atoms with Gasteiger partial charge in [0.2, 0.25) is 9.84 Å². The fraction of sp³-hybridized carbons (Fsp3) is 0.111. The summed E-state index contributed by atoms with van der Waals surface area (Å²) >= 11 is 3.32. The number of benzene rings is 2. The van der Waals surface area contributed by atoms with E-state index in [1.54, 1.807) is 18.2 Å². The molecule has 2 N–H and O–H groups in total. The van der Waals surface area contributed by atoms with Gasteiger partial charge in [-0.15, -0.1) is 0 Å². The van der Waals surface area contributed by atoms with Gasteiger partial charge in [0, 0.05) is 27.3 Å². The number of fused-ring (bicyclic) bond motifs is 1. The van der Waals surface area contributed by atoms with Gasteiger partial charge < -0.3 is 15.0 Å². The number of H-pyrrole nitrogens is 1. The Labute approximate surface area is 172 Å². The van der Waals surface area contributed by atoms with Crippen LogP contribution in [0, 0.1) is 0 Å². The van der Waals surface area contributed by atoms with E-state index in [0.717, 1.165) is 34.3 Å². The number of alkyl halides is 2. The van der Waals surface area contributed by atoms with Crippen molar-refractivity contribution in [3.8, 4) is 0 Å². The molecule has 29 heavy (non-hydrogen) atoms. The highest BCUT2D eigenvalue weighted by molar-refractivity contribution is 9.10. The maximum Gasteiger partial charge on any atom is 0.341 e. The molecule has 1 heterocycles. The highest BCUT2D eigenvalue weighted by atomic mass is 79.9. The van der Waals surface area contributed by atoms with Crippen molar-refractivity contribution in [2.24, 2.45) is 0 Å². The minimum Gasteiger partial charge on any atom is -0.452 e. The average Bonchev–Trinajstić information content (AvgIpc) is 3.09. The Morgan fingerprint density at radius 3 is 2.48 bits per heavy atom. The van der Waals surface area contributed by atoms with Gasteiger partial charge in [-0.1, -0.05) is 15.9 Å². The number of aromatic amines is 1. The van der Waals surface area contributed by atoms with Crippen LogP contribution in [0.5, 0.6) is 0 Å². The first-order valence-corrected chi connectivity index (χ1v) is 10.4. The summed E-state index contributed by atoms with van der Waals surface area (Å²) < 4.78 is 53.5. The topological polar surface area (TPSA) is 105 Å². The van der Waals surface area contributed by atoms with Crippen LogP contribution in [0.4, 0.5) is 14.5 Å². The second-order valence-electron chi connectivity index (χ2n) is 5.85. The van der Waals surface area contributed by atoms with E-state index in [1.807, 2.05) is 0 Å². The van der Waals surface area contributed by atoms with Gasteiger partial charge in [0.1, 0.15) is 0 Å². The zero-order valence-corrected chi connectivity index (χ0v) is 16.9. The Morgan fingerprint density at radius 2 is 1.83 bits per heavy atom. The number of ether oxygens (including phenoxy) is 1. The van der Waals surface area contributed by atoms with E-state index in [-0.39, 0.29) is 11.3 Å². The van der Waals surface area contributed by atoms with E-state index in [4.69, 9.17) is 4.74 Å². The van der Waals surface area contributed by atoms with Crippen LogP contribution in [0.3, 0.4) is 0 Å². The summed E-state index contributed by atoms with van der Waals surface area (Å²) in [5.74, 6) is -4.92. The highest BCUT2D eigenvalue weighted by Gasteiger charge is 2.26. The maximum absolute atomic E-state index is 12.5. The van der Waals surface area contributed by atoms with Crippen molar-refractivity contribution in [3.63, 3.8) is 0 Å². The first-order chi connectivity index (χ1) is 13.7. The van der Waals surface area contributed by atoms with Gasteiger partial charge in [0.15, 0.2) is 6.61 Å². The quantitative estimate of drug-likeness (QED) is 0.516. The summed E-state index contributed by atoms with van der Waals surface area (Å²) in [5, 5.41) is 3.01. The molecule has 11 heteroatoms. The first-order valence-electron chi connectivity index (χ1n) is 8.04. The molecule has 152 valence electrons. The largest absolute Gasteiger partial charge is 0.452 e. The van der Waals surface area contributed by atoms with Crippen molar-refractivity contribution in [2.75, 3.05) is 11.9 Å². The van der Waals surface area contributed by atoms with E-state index >= 15 is 0 Å². The standard InChI is InChI=1S/C18H13BrF2N2O5S/c19-10-1-6-15-13(7-10)14(8-22-15)17(25)28-9-16(24)23-11-2-4-12(5-3-11)29(26,27)18(20)21/h1-8,18,22H,9H2,(H,23,24). The van der Waals surface area contributed by atoms with Gasteiger partial charge >= 0.3 is 11.7 Å². The summed E-state index contributed by atoms with van der Waals surface area (Å²) in [6, 6.07) is 9.54. The number of halogens is 3. The molecule has 0 spiro atoms. The van der Waals surface area contributed by atoms with E-state index in [1.165, 1.54) is 6.20 Å². The third kappa shape index (κ3) is 4.62. The molecule has 1 aromatic heterocycles. The predicted octanol–water partition coefficient (Wildman–Crippen LogP) is 3.72. The van der Waals surface area contributed by atoms with Crippen LogP contribution >= 0.6 is 15.9 Å². The molecule has 0 fully saturated rings. The monoisotopic (exact) mass is 486 g/mol. The Morgan fingerprint density at radius 1 is 1.14 bits per heavy atom. The Bertz CT molecular complexity index is 1180. The molecule has 1 amide bonds. The number of hydrogen-bond donors (Lipinski definition) is 2. The Kier molecular flexibility index (Phi) is 5.99. The van der Waals surface area contributed by atoms with E-state index in [2.05, 4.69) is 26.2 Å². The van der Waals surface area contributed by atoms with E-state index in [9.17, 15) is 26.8 Å². The van der Waals surface area contributed by atoms with Gasteiger partial charge in [-0.2, -0.15) is 8.78 Å². The molecule has 0 unspecified atom stereocenters. The number of hydrogen-bond acceptors (Lipinski definition) is 5. The lowest BCUT2D eigenvalue weighted by Gasteiger charge is -2.08. The molecule has 0 saturated heterocycles. The highest BCUT2D eigenvalue weighted by Crippen LogP contribution is 2.23. The van der Waals surface area contributed by atoms with Crippen LogP contribution in [0.15, 0.2) is 58.0 Å². The molecule has 0 atom stereocenters. The third-order valence-electron chi connectivity index (χ3n) is 3.90. The molecular formula is C18H13BrF2N2O5S. The number of carbonyl (C=O) groups excluding carboxylic acids is 2. The van der Waals surface area contributed by atoms with E-state index < -0.39 is 39.0 Å². The number of amides is 1. The second kappa shape index (κ2) is 8.29. The summed E-state index contributed by atoms with van der Waals surface area (Å²) in [5.41, 5.74) is 1.15. The van der Waals surface area contributed by atoms with Crippen LogP contribution in [0.1, 0.15) is 10.4 Å². The second-order valence-corrected chi connectivity index (χ2v) is 8.68. The Balaban J connectivity index is 1.61. The summed E-state index contributed by atoms with van der Waals surface area (Å²) in [6.07, 6.45) is 1.47. The molecule has 0 aliphatic heterocycles. The van der Waals surface area contributed by atoms with Crippen LogP contribution in [-0.4, -0.2) is 37.6 Å². The van der Waals surface area contributed by atoms with Crippen molar-refractivity contribution in [2.45, 2.75) is 10.7 Å². The van der Waals surface area contributed by atoms with Crippen LogP contribution in [0.25, 0.3) is 10.9 Å². The lowest BCUT2D eigenvalue weighted by molar-refractivity contribution is -0.119. The molecule has 0 saturated carbocycles.